The fourth-order valence-electron chi connectivity index (χ4n) is 4.60. The van der Waals surface area contributed by atoms with Crippen molar-refractivity contribution < 1.29 is 4.79 Å². The van der Waals surface area contributed by atoms with E-state index in [1.54, 1.807) is 0 Å². The fraction of sp³-hybridized carbons (Fsp3) is 0.500. The van der Waals surface area contributed by atoms with Crippen molar-refractivity contribution >= 4 is 34.9 Å². The Morgan fingerprint density at radius 1 is 1.09 bits per heavy atom. The van der Waals surface area contributed by atoms with Crippen molar-refractivity contribution in [3.8, 4) is 0 Å². The second-order valence-corrected chi connectivity index (χ2v) is 9.68. The van der Waals surface area contributed by atoms with Crippen molar-refractivity contribution in [3.05, 3.63) is 52.5 Å². The molecule has 2 aliphatic rings. The maximum absolute atomic E-state index is 12.8. The maximum atomic E-state index is 12.8. The SMILES string of the molecule is N=C(C(=O)NCC1CCCNC1)c1ccc(N2CCCCCC2)nc1NCc1ccc(Cl)cc1. The third-order valence-corrected chi connectivity index (χ3v) is 6.88. The Kier molecular flexibility index (Phi) is 8.77. The second-order valence-electron chi connectivity index (χ2n) is 9.24. The number of hydrogen-bond donors (Lipinski definition) is 4. The first-order chi connectivity index (χ1) is 16.6. The van der Waals surface area contributed by atoms with Gasteiger partial charge in [0.15, 0.2) is 0 Å². The zero-order valence-corrected chi connectivity index (χ0v) is 20.5. The van der Waals surface area contributed by atoms with Crippen LogP contribution in [-0.4, -0.2) is 49.3 Å². The highest BCUT2D eigenvalue weighted by molar-refractivity contribution is 6.45. The van der Waals surface area contributed by atoms with Gasteiger partial charge >= 0.3 is 0 Å². The molecule has 4 N–H and O–H groups in total. The summed E-state index contributed by atoms with van der Waals surface area (Å²) < 4.78 is 0. The highest BCUT2D eigenvalue weighted by atomic mass is 35.5. The summed E-state index contributed by atoms with van der Waals surface area (Å²) in [7, 11) is 0. The van der Waals surface area contributed by atoms with Gasteiger partial charge in [0.25, 0.3) is 5.91 Å². The Hall–Kier alpha value is -2.64. The zero-order chi connectivity index (χ0) is 23.8. The van der Waals surface area contributed by atoms with Gasteiger partial charge in [0, 0.05) is 36.8 Å². The lowest BCUT2D eigenvalue weighted by molar-refractivity contribution is -0.115. The molecule has 1 unspecified atom stereocenters. The minimum atomic E-state index is -0.357. The van der Waals surface area contributed by atoms with E-state index in [0.29, 0.717) is 35.4 Å². The normalized spacial score (nSPS) is 18.7. The predicted molar refractivity (Wildman–Crippen MR) is 139 cm³/mol. The Bertz CT molecular complexity index is 966. The summed E-state index contributed by atoms with van der Waals surface area (Å²) in [5.41, 5.74) is 1.52. The van der Waals surface area contributed by atoms with Crippen LogP contribution < -0.4 is 20.9 Å². The molecule has 1 aromatic heterocycles. The number of benzene rings is 1. The predicted octanol–water partition coefficient (Wildman–Crippen LogP) is 4.21. The first-order valence-corrected chi connectivity index (χ1v) is 12.8. The highest BCUT2D eigenvalue weighted by Crippen LogP contribution is 2.23. The number of carbonyl (C=O) groups is 1. The van der Waals surface area contributed by atoms with Crippen molar-refractivity contribution in [2.45, 2.75) is 45.1 Å². The molecule has 34 heavy (non-hydrogen) atoms. The lowest BCUT2D eigenvalue weighted by atomic mass is 9.99. The van der Waals surface area contributed by atoms with Gasteiger partial charge in [0.05, 0.1) is 0 Å². The van der Waals surface area contributed by atoms with Gasteiger partial charge in [-0.3, -0.25) is 10.2 Å². The quantitative estimate of drug-likeness (QED) is 0.423. The smallest absolute Gasteiger partial charge is 0.269 e. The molecule has 0 saturated carbocycles. The van der Waals surface area contributed by atoms with Gasteiger partial charge in [-0.25, -0.2) is 4.98 Å². The number of carbonyl (C=O) groups excluding carboxylic acids is 1. The van der Waals surface area contributed by atoms with Gasteiger partial charge in [-0.05, 0) is 74.5 Å². The first kappa shape index (κ1) is 24.5. The Morgan fingerprint density at radius 3 is 2.56 bits per heavy atom. The summed E-state index contributed by atoms with van der Waals surface area (Å²) in [5.74, 6) is 1.52. The number of piperidine rings is 1. The van der Waals surface area contributed by atoms with Crippen LogP contribution in [0.1, 0.15) is 49.7 Å². The van der Waals surface area contributed by atoms with Gasteiger partial charge < -0.3 is 20.9 Å². The van der Waals surface area contributed by atoms with Crippen LogP contribution in [0.5, 0.6) is 0 Å². The topological polar surface area (TPSA) is 93.1 Å². The molecule has 3 heterocycles. The average Bonchev–Trinajstić information content (AvgIpc) is 3.17. The summed E-state index contributed by atoms with van der Waals surface area (Å²) >= 11 is 6.02. The molecule has 8 heteroatoms. The molecule has 2 saturated heterocycles. The van der Waals surface area contributed by atoms with E-state index in [0.717, 1.165) is 63.2 Å². The number of aromatic nitrogens is 1. The van der Waals surface area contributed by atoms with E-state index < -0.39 is 0 Å². The fourth-order valence-corrected chi connectivity index (χ4v) is 4.72. The maximum Gasteiger partial charge on any atom is 0.269 e. The number of nitrogens with zero attached hydrogens (tertiary/aromatic N) is 2. The van der Waals surface area contributed by atoms with Crippen LogP contribution in [0.2, 0.25) is 5.02 Å². The van der Waals surface area contributed by atoms with Crippen molar-refractivity contribution in [3.63, 3.8) is 0 Å². The number of anilines is 2. The summed E-state index contributed by atoms with van der Waals surface area (Å²) in [5, 5.41) is 19.0. The molecule has 2 fully saturated rings. The number of nitrogens with one attached hydrogen (secondary N) is 4. The van der Waals surface area contributed by atoms with E-state index in [2.05, 4.69) is 20.9 Å². The molecule has 2 aromatic rings. The van der Waals surface area contributed by atoms with Gasteiger partial charge in [0.1, 0.15) is 17.3 Å². The van der Waals surface area contributed by atoms with Gasteiger partial charge in [-0.2, -0.15) is 0 Å². The first-order valence-electron chi connectivity index (χ1n) is 12.4. The van der Waals surface area contributed by atoms with Crippen LogP contribution in [0.15, 0.2) is 36.4 Å². The summed E-state index contributed by atoms with van der Waals surface area (Å²) in [6, 6.07) is 11.4. The molecule has 1 atom stereocenters. The van der Waals surface area contributed by atoms with Gasteiger partial charge in [-0.15, -0.1) is 0 Å². The molecule has 0 aliphatic carbocycles. The molecule has 0 radical (unpaired) electrons. The van der Waals surface area contributed by atoms with Crippen LogP contribution in [0, 0.1) is 11.3 Å². The molecule has 2 aliphatic heterocycles. The zero-order valence-electron chi connectivity index (χ0n) is 19.7. The summed E-state index contributed by atoms with van der Waals surface area (Å²) in [6.45, 7) is 5.03. The molecular weight excluding hydrogens is 448 g/mol. The molecular formula is C26H35ClN6O. The average molecular weight is 483 g/mol. The third kappa shape index (κ3) is 6.70. The number of amides is 1. The lowest BCUT2D eigenvalue weighted by Crippen LogP contribution is -2.40. The largest absolute Gasteiger partial charge is 0.365 e. The van der Waals surface area contributed by atoms with E-state index in [9.17, 15) is 4.79 Å². The van der Waals surface area contributed by atoms with Crippen molar-refractivity contribution in [1.82, 2.24) is 15.6 Å². The summed E-state index contributed by atoms with van der Waals surface area (Å²) in [6.07, 6.45) is 7.03. The van der Waals surface area contributed by atoms with Crippen LogP contribution in [0.25, 0.3) is 0 Å². The van der Waals surface area contributed by atoms with Crippen LogP contribution in [0.4, 0.5) is 11.6 Å². The van der Waals surface area contributed by atoms with E-state index in [4.69, 9.17) is 22.0 Å². The van der Waals surface area contributed by atoms with Crippen LogP contribution >= 0.6 is 11.6 Å². The minimum Gasteiger partial charge on any atom is -0.365 e. The van der Waals surface area contributed by atoms with E-state index in [1.165, 1.54) is 12.8 Å². The summed E-state index contributed by atoms with van der Waals surface area (Å²) in [4.78, 5) is 20.0. The molecule has 1 aromatic carbocycles. The molecule has 7 nitrogen and oxygen atoms in total. The molecule has 1 amide bonds. The molecule has 0 spiro atoms. The van der Waals surface area contributed by atoms with Crippen molar-refractivity contribution in [2.24, 2.45) is 5.92 Å². The number of halogens is 1. The third-order valence-electron chi connectivity index (χ3n) is 6.63. The van der Waals surface area contributed by atoms with E-state index in [-0.39, 0.29) is 11.6 Å². The van der Waals surface area contributed by atoms with Gasteiger partial charge in [0.2, 0.25) is 0 Å². The molecule has 0 bridgehead atoms. The number of pyridine rings is 1. The molecule has 182 valence electrons. The standard InChI is InChI=1S/C26H35ClN6O/c27-21-9-7-19(8-10-21)17-30-25-22(11-12-23(32-25)33-14-3-1-2-4-15-33)24(28)26(34)31-18-20-6-5-13-29-16-20/h7-12,20,28-29H,1-6,13-18H2,(H,30,32)(H,31,34). The lowest BCUT2D eigenvalue weighted by Gasteiger charge is -2.24. The highest BCUT2D eigenvalue weighted by Gasteiger charge is 2.21. The van der Waals surface area contributed by atoms with E-state index >= 15 is 0 Å². The Labute approximate surface area is 207 Å². The van der Waals surface area contributed by atoms with Gasteiger partial charge in [-0.1, -0.05) is 36.6 Å². The molecule has 4 rings (SSSR count). The minimum absolute atomic E-state index is 0.0581. The van der Waals surface area contributed by atoms with Crippen LogP contribution in [-0.2, 0) is 11.3 Å². The number of rotatable bonds is 8. The second kappa shape index (κ2) is 12.2. The number of hydrogen-bond acceptors (Lipinski definition) is 6. The van der Waals surface area contributed by atoms with Crippen LogP contribution in [0.3, 0.4) is 0 Å². The Balaban J connectivity index is 1.50. The monoisotopic (exact) mass is 482 g/mol. The van der Waals surface area contributed by atoms with Crippen molar-refractivity contribution in [1.29, 1.82) is 5.41 Å². The van der Waals surface area contributed by atoms with E-state index in [1.807, 2.05) is 36.4 Å². The Morgan fingerprint density at radius 2 is 1.85 bits per heavy atom. The van der Waals surface area contributed by atoms with Crippen molar-refractivity contribution in [2.75, 3.05) is 42.9 Å².